The van der Waals surface area contributed by atoms with Crippen molar-refractivity contribution in [1.29, 1.82) is 0 Å². The minimum Gasteiger partial charge on any atom is -0.378 e. The number of hydrogen-bond acceptors (Lipinski definition) is 5. The number of hydrogen-bond donors (Lipinski definition) is 0. The molecule has 28 heavy (non-hydrogen) atoms. The SMILES string of the molecule is O=C(c1cnc(-c2ccccc2F)s1)N1CCC(C(=O)N2CCOCC2)CC1. The van der Waals surface area contributed by atoms with Crippen molar-refractivity contribution >= 4 is 23.2 Å². The van der Waals surface area contributed by atoms with Gasteiger partial charge in [-0.2, -0.15) is 0 Å². The Labute approximate surface area is 166 Å². The van der Waals surface area contributed by atoms with Crippen LogP contribution in [-0.4, -0.2) is 66.0 Å². The van der Waals surface area contributed by atoms with Crippen LogP contribution in [-0.2, 0) is 9.53 Å². The summed E-state index contributed by atoms with van der Waals surface area (Å²) < 4.78 is 19.2. The third kappa shape index (κ3) is 3.93. The number of rotatable bonds is 3. The summed E-state index contributed by atoms with van der Waals surface area (Å²) >= 11 is 1.20. The molecule has 148 valence electrons. The molecule has 4 rings (SSSR count). The molecule has 2 amide bonds. The van der Waals surface area contributed by atoms with Crippen molar-refractivity contribution < 1.29 is 18.7 Å². The summed E-state index contributed by atoms with van der Waals surface area (Å²) in [4.78, 5) is 33.8. The number of nitrogens with zero attached hydrogens (tertiary/aromatic N) is 3. The maximum absolute atomic E-state index is 13.9. The van der Waals surface area contributed by atoms with Crippen LogP contribution in [0.3, 0.4) is 0 Å². The highest BCUT2D eigenvalue weighted by atomic mass is 32.1. The van der Waals surface area contributed by atoms with E-state index in [1.165, 1.54) is 23.6 Å². The predicted molar refractivity (Wildman–Crippen MR) is 104 cm³/mol. The van der Waals surface area contributed by atoms with Crippen LogP contribution in [0.15, 0.2) is 30.5 Å². The number of carbonyl (C=O) groups is 2. The second kappa shape index (κ2) is 8.36. The van der Waals surface area contributed by atoms with Gasteiger partial charge in [-0.05, 0) is 25.0 Å². The molecule has 0 bridgehead atoms. The molecule has 0 spiro atoms. The average Bonchev–Trinajstić information content (AvgIpc) is 3.24. The minimum absolute atomic E-state index is 0.0300. The highest BCUT2D eigenvalue weighted by Gasteiger charge is 2.31. The molecule has 0 radical (unpaired) electrons. The smallest absolute Gasteiger partial charge is 0.265 e. The molecule has 6 nitrogen and oxygen atoms in total. The van der Waals surface area contributed by atoms with Gasteiger partial charge >= 0.3 is 0 Å². The fraction of sp³-hybridized carbons (Fsp3) is 0.450. The lowest BCUT2D eigenvalue weighted by molar-refractivity contribution is -0.141. The second-order valence-corrected chi connectivity index (χ2v) is 8.04. The molecule has 2 aromatic rings. The van der Waals surface area contributed by atoms with Gasteiger partial charge in [-0.1, -0.05) is 12.1 Å². The Balaban J connectivity index is 1.37. The number of morpholine rings is 1. The van der Waals surface area contributed by atoms with Crippen molar-refractivity contribution in [2.24, 2.45) is 5.92 Å². The summed E-state index contributed by atoms with van der Waals surface area (Å²) in [6, 6.07) is 6.41. The van der Waals surface area contributed by atoms with Crippen LogP contribution in [0, 0.1) is 11.7 Å². The fourth-order valence-corrected chi connectivity index (χ4v) is 4.57. The van der Waals surface area contributed by atoms with Gasteiger partial charge < -0.3 is 14.5 Å². The molecule has 1 aromatic carbocycles. The Bertz CT molecular complexity index is 858. The standard InChI is InChI=1S/C20H22FN3O3S/c21-16-4-2-1-3-15(16)18-22-13-17(28-18)20(26)23-7-5-14(6-8-23)19(25)24-9-11-27-12-10-24/h1-4,13-14H,5-12H2. The van der Waals surface area contributed by atoms with Crippen LogP contribution < -0.4 is 0 Å². The third-order valence-electron chi connectivity index (χ3n) is 5.27. The average molecular weight is 403 g/mol. The van der Waals surface area contributed by atoms with Crippen LogP contribution in [0.2, 0.25) is 0 Å². The molecular weight excluding hydrogens is 381 g/mol. The normalized spacial score (nSPS) is 18.3. The first-order valence-electron chi connectivity index (χ1n) is 9.50. The van der Waals surface area contributed by atoms with Gasteiger partial charge in [0, 0.05) is 37.7 Å². The van der Waals surface area contributed by atoms with E-state index in [-0.39, 0.29) is 23.5 Å². The first-order valence-corrected chi connectivity index (χ1v) is 10.3. The topological polar surface area (TPSA) is 62.7 Å². The maximum Gasteiger partial charge on any atom is 0.265 e. The van der Waals surface area contributed by atoms with Crippen LogP contribution in [0.5, 0.6) is 0 Å². The van der Waals surface area contributed by atoms with Crippen molar-refractivity contribution in [2.45, 2.75) is 12.8 Å². The lowest BCUT2D eigenvalue weighted by Crippen LogP contribution is -2.47. The molecule has 1 aromatic heterocycles. The van der Waals surface area contributed by atoms with Gasteiger partial charge in [0.05, 0.1) is 19.4 Å². The zero-order chi connectivity index (χ0) is 19.5. The summed E-state index contributed by atoms with van der Waals surface area (Å²) in [5.74, 6) is -0.303. The van der Waals surface area contributed by atoms with E-state index in [1.807, 2.05) is 4.90 Å². The number of benzene rings is 1. The van der Waals surface area contributed by atoms with Crippen LogP contribution in [0.25, 0.3) is 10.6 Å². The lowest BCUT2D eigenvalue weighted by Gasteiger charge is -2.35. The van der Waals surface area contributed by atoms with Crippen molar-refractivity contribution in [1.82, 2.24) is 14.8 Å². The molecule has 0 atom stereocenters. The van der Waals surface area contributed by atoms with E-state index in [9.17, 15) is 14.0 Å². The van der Waals surface area contributed by atoms with E-state index in [0.29, 0.717) is 67.7 Å². The number of ether oxygens (including phenoxy) is 1. The number of piperidine rings is 1. The summed E-state index contributed by atoms with van der Waals surface area (Å²) in [6.07, 6.45) is 2.85. The minimum atomic E-state index is -0.349. The number of thiazole rings is 1. The van der Waals surface area contributed by atoms with Crippen LogP contribution in [0.4, 0.5) is 4.39 Å². The van der Waals surface area contributed by atoms with Gasteiger partial charge in [0.2, 0.25) is 5.91 Å². The zero-order valence-electron chi connectivity index (χ0n) is 15.5. The molecule has 2 fully saturated rings. The summed E-state index contributed by atoms with van der Waals surface area (Å²) in [6.45, 7) is 3.59. The number of amides is 2. The van der Waals surface area contributed by atoms with E-state index < -0.39 is 0 Å². The zero-order valence-corrected chi connectivity index (χ0v) is 16.3. The molecule has 0 saturated carbocycles. The Morgan fingerprint density at radius 3 is 2.50 bits per heavy atom. The first kappa shape index (κ1) is 19.0. The van der Waals surface area contributed by atoms with Gasteiger partial charge in [-0.25, -0.2) is 9.37 Å². The molecule has 2 aliphatic rings. The molecular formula is C20H22FN3O3S. The van der Waals surface area contributed by atoms with E-state index in [0.717, 1.165) is 0 Å². The molecule has 3 heterocycles. The third-order valence-corrected chi connectivity index (χ3v) is 6.29. The Morgan fingerprint density at radius 2 is 1.79 bits per heavy atom. The maximum atomic E-state index is 13.9. The number of halogens is 1. The molecule has 8 heteroatoms. The number of likely N-dealkylation sites (tertiary alicyclic amines) is 1. The van der Waals surface area contributed by atoms with Gasteiger partial charge in [-0.3, -0.25) is 9.59 Å². The second-order valence-electron chi connectivity index (χ2n) is 7.01. The van der Waals surface area contributed by atoms with Crippen molar-refractivity contribution in [3.63, 3.8) is 0 Å². The lowest BCUT2D eigenvalue weighted by atomic mass is 9.95. The van der Waals surface area contributed by atoms with E-state index in [1.54, 1.807) is 23.1 Å². The highest BCUT2D eigenvalue weighted by Crippen LogP contribution is 2.29. The van der Waals surface area contributed by atoms with Crippen molar-refractivity contribution in [2.75, 3.05) is 39.4 Å². The van der Waals surface area contributed by atoms with Crippen LogP contribution >= 0.6 is 11.3 Å². The highest BCUT2D eigenvalue weighted by molar-refractivity contribution is 7.16. The summed E-state index contributed by atoms with van der Waals surface area (Å²) in [5, 5.41) is 0.499. The van der Waals surface area contributed by atoms with Gasteiger partial charge in [0.25, 0.3) is 5.91 Å². The van der Waals surface area contributed by atoms with Crippen LogP contribution in [0.1, 0.15) is 22.5 Å². The summed E-state index contributed by atoms with van der Waals surface area (Å²) in [5.41, 5.74) is 0.404. The van der Waals surface area contributed by atoms with Crippen molar-refractivity contribution in [3.05, 3.63) is 41.2 Å². The Morgan fingerprint density at radius 1 is 1.07 bits per heavy atom. The number of aromatic nitrogens is 1. The molecule has 2 saturated heterocycles. The monoisotopic (exact) mass is 403 g/mol. The summed E-state index contributed by atoms with van der Waals surface area (Å²) in [7, 11) is 0. The largest absolute Gasteiger partial charge is 0.378 e. The predicted octanol–water partition coefficient (Wildman–Crippen LogP) is 2.66. The number of carbonyl (C=O) groups excluding carboxylic acids is 2. The quantitative estimate of drug-likeness (QED) is 0.791. The molecule has 0 N–H and O–H groups in total. The van der Waals surface area contributed by atoms with E-state index in [2.05, 4.69) is 4.98 Å². The molecule has 0 aliphatic carbocycles. The Kier molecular flexibility index (Phi) is 5.68. The van der Waals surface area contributed by atoms with Gasteiger partial charge in [0.1, 0.15) is 15.7 Å². The fourth-order valence-electron chi connectivity index (χ4n) is 3.66. The Hall–Kier alpha value is -2.32. The van der Waals surface area contributed by atoms with Crippen molar-refractivity contribution in [3.8, 4) is 10.6 Å². The molecule has 2 aliphatic heterocycles. The van der Waals surface area contributed by atoms with Gasteiger partial charge in [0.15, 0.2) is 0 Å². The molecule has 0 unspecified atom stereocenters. The first-order chi connectivity index (χ1) is 13.6. The van der Waals surface area contributed by atoms with E-state index in [4.69, 9.17) is 4.74 Å². The van der Waals surface area contributed by atoms with Gasteiger partial charge in [-0.15, -0.1) is 11.3 Å². The van der Waals surface area contributed by atoms with E-state index >= 15 is 0 Å².